The summed E-state index contributed by atoms with van der Waals surface area (Å²) in [5, 5.41) is 2.96. The molecule has 0 bridgehead atoms. The number of halogens is 1. The highest BCUT2D eigenvalue weighted by Gasteiger charge is 2.21. The van der Waals surface area contributed by atoms with Gasteiger partial charge in [0.25, 0.3) is 0 Å². The van der Waals surface area contributed by atoms with Gasteiger partial charge in [-0.25, -0.2) is 9.18 Å². The molecule has 2 atom stereocenters. The van der Waals surface area contributed by atoms with Crippen molar-refractivity contribution in [1.82, 2.24) is 10.2 Å². The molecular weight excluding hydrogens is 335 g/mol. The summed E-state index contributed by atoms with van der Waals surface area (Å²) in [5.41, 5.74) is 1.68. The summed E-state index contributed by atoms with van der Waals surface area (Å²) in [4.78, 5) is 14.2. The molecule has 0 aliphatic heterocycles. The number of carbonyl (C=O) groups is 1. The Morgan fingerprint density at radius 1 is 1.08 bits per heavy atom. The Labute approximate surface area is 153 Å². The molecule has 2 amide bonds. The molecule has 26 heavy (non-hydrogen) atoms. The number of hydrogen-bond donors (Lipinski definition) is 1. The van der Waals surface area contributed by atoms with Crippen LogP contribution in [0.2, 0.25) is 0 Å². The zero-order chi connectivity index (χ0) is 19.3. The second-order valence-electron chi connectivity index (χ2n) is 6.12. The highest BCUT2D eigenvalue weighted by molar-refractivity contribution is 5.75. The normalized spacial score (nSPS) is 12.8. The van der Waals surface area contributed by atoms with Gasteiger partial charge in [-0.05, 0) is 49.7 Å². The molecule has 0 aromatic heterocycles. The average Bonchev–Trinajstić information content (AvgIpc) is 2.66. The molecule has 0 saturated carbocycles. The van der Waals surface area contributed by atoms with Gasteiger partial charge in [-0.15, -0.1) is 0 Å². The third-order valence-corrected chi connectivity index (χ3v) is 4.50. The van der Waals surface area contributed by atoms with Crippen molar-refractivity contribution in [1.29, 1.82) is 0 Å². The molecule has 0 radical (unpaired) electrons. The van der Waals surface area contributed by atoms with Crippen molar-refractivity contribution in [2.45, 2.75) is 25.9 Å². The first-order valence-corrected chi connectivity index (χ1v) is 8.38. The first-order valence-electron chi connectivity index (χ1n) is 8.38. The van der Waals surface area contributed by atoms with Crippen molar-refractivity contribution in [3.05, 3.63) is 59.4 Å². The van der Waals surface area contributed by atoms with Gasteiger partial charge < -0.3 is 19.7 Å². The lowest BCUT2D eigenvalue weighted by Gasteiger charge is -2.28. The monoisotopic (exact) mass is 360 g/mol. The Bertz CT molecular complexity index is 749. The molecule has 0 heterocycles. The van der Waals surface area contributed by atoms with Crippen molar-refractivity contribution < 1.29 is 18.7 Å². The fraction of sp³-hybridized carbons (Fsp3) is 0.350. The molecule has 6 heteroatoms. The Balaban J connectivity index is 2.11. The van der Waals surface area contributed by atoms with Gasteiger partial charge in [0.15, 0.2) is 0 Å². The van der Waals surface area contributed by atoms with Crippen molar-refractivity contribution >= 4 is 6.03 Å². The molecule has 2 aromatic carbocycles. The lowest BCUT2D eigenvalue weighted by atomic mass is 10.1. The van der Waals surface area contributed by atoms with E-state index < -0.39 is 0 Å². The van der Waals surface area contributed by atoms with Gasteiger partial charge in [0.1, 0.15) is 17.3 Å². The second-order valence-corrected chi connectivity index (χ2v) is 6.12. The minimum Gasteiger partial charge on any atom is -0.497 e. The molecule has 5 nitrogen and oxygen atoms in total. The van der Waals surface area contributed by atoms with Crippen LogP contribution in [0.1, 0.15) is 37.1 Å². The fourth-order valence-electron chi connectivity index (χ4n) is 2.68. The van der Waals surface area contributed by atoms with E-state index in [1.54, 1.807) is 44.4 Å². The molecule has 2 rings (SSSR count). The molecule has 0 aliphatic rings. The third-order valence-electron chi connectivity index (χ3n) is 4.50. The Morgan fingerprint density at radius 3 is 2.31 bits per heavy atom. The van der Waals surface area contributed by atoms with Crippen LogP contribution in [0.15, 0.2) is 42.5 Å². The maximum Gasteiger partial charge on any atom is 0.318 e. The van der Waals surface area contributed by atoms with E-state index in [0.717, 1.165) is 11.1 Å². The van der Waals surface area contributed by atoms with Crippen LogP contribution in [-0.2, 0) is 0 Å². The Hall–Kier alpha value is -2.76. The average molecular weight is 360 g/mol. The minimum atomic E-state index is -0.299. The smallest absolute Gasteiger partial charge is 0.318 e. The standard InChI is InChI=1S/C20H25FN2O3/c1-13(18-12-17(25-4)10-11-19(18)26-5)22-20(24)23(3)14(2)15-6-8-16(21)9-7-15/h6-14H,1-5H3,(H,22,24). The van der Waals surface area contributed by atoms with E-state index in [4.69, 9.17) is 9.47 Å². The third kappa shape index (κ3) is 4.45. The van der Waals surface area contributed by atoms with Gasteiger partial charge in [-0.2, -0.15) is 0 Å². The predicted molar refractivity (Wildman–Crippen MR) is 99.1 cm³/mol. The van der Waals surface area contributed by atoms with E-state index in [1.165, 1.54) is 12.1 Å². The van der Waals surface area contributed by atoms with Gasteiger partial charge in [0.05, 0.1) is 26.3 Å². The van der Waals surface area contributed by atoms with Crippen LogP contribution in [-0.4, -0.2) is 32.2 Å². The van der Waals surface area contributed by atoms with Crippen molar-refractivity contribution in [3.63, 3.8) is 0 Å². The number of methoxy groups -OCH3 is 2. The molecule has 1 N–H and O–H groups in total. The number of amides is 2. The lowest BCUT2D eigenvalue weighted by Crippen LogP contribution is -2.40. The van der Waals surface area contributed by atoms with Gasteiger partial charge in [0, 0.05) is 12.6 Å². The van der Waals surface area contributed by atoms with Crippen LogP contribution in [0.25, 0.3) is 0 Å². The zero-order valence-electron chi connectivity index (χ0n) is 15.7. The number of carbonyl (C=O) groups excluding carboxylic acids is 1. The quantitative estimate of drug-likeness (QED) is 0.835. The number of ether oxygens (including phenoxy) is 2. The number of nitrogens with one attached hydrogen (secondary N) is 1. The number of hydrogen-bond acceptors (Lipinski definition) is 3. The summed E-state index contributed by atoms with van der Waals surface area (Å²) in [5.74, 6) is 1.06. The van der Waals surface area contributed by atoms with E-state index in [9.17, 15) is 9.18 Å². The highest BCUT2D eigenvalue weighted by atomic mass is 19.1. The molecule has 0 spiro atoms. The van der Waals surface area contributed by atoms with Crippen molar-refractivity contribution in [2.24, 2.45) is 0 Å². The van der Waals surface area contributed by atoms with Crippen LogP contribution in [0.4, 0.5) is 9.18 Å². The molecule has 2 aromatic rings. The van der Waals surface area contributed by atoms with Crippen molar-refractivity contribution in [2.75, 3.05) is 21.3 Å². The number of benzene rings is 2. The fourth-order valence-corrected chi connectivity index (χ4v) is 2.68. The van der Waals surface area contributed by atoms with Crippen LogP contribution in [0.5, 0.6) is 11.5 Å². The second kappa shape index (κ2) is 8.56. The van der Waals surface area contributed by atoms with Gasteiger partial charge in [-0.1, -0.05) is 12.1 Å². The number of rotatable bonds is 6. The largest absolute Gasteiger partial charge is 0.497 e. The summed E-state index contributed by atoms with van der Waals surface area (Å²) in [6, 6.07) is 10.9. The topological polar surface area (TPSA) is 50.8 Å². The number of nitrogens with zero attached hydrogens (tertiary/aromatic N) is 1. The predicted octanol–water partition coefficient (Wildman–Crippen LogP) is 4.31. The van der Waals surface area contributed by atoms with Gasteiger partial charge >= 0.3 is 6.03 Å². The van der Waals surface area contributed by atoms with Crippen LogP contribution in [0.3, 0.4) is 0 Å². The minimum absolute atomic E-state index is 0.199. The van der Waals surface area contributed by atoms with E-state index in [-0.39, 0.29) is 23.9 Å². The Morgan fingerprint density at radius 2 is 1.73 bits per heavy atom. The van der Waals surface area contributed by atoms with E-state index in [2.05, 4.69) is 5.32 Å². The van der Waals surface area contributed by atoms with E-state index >= 15 is 0 Å². The number of urea groups is 1. The molecular formula is C20H25FN2O3. The van der Waals surface area contributed by atoms with E-state index in [1.807, 2.05) is 26.0 Å². The van der Waals surface area contributed by atoms with Crippen molar-refractivity contribution in [3.8, 4) is 11.5 Å². The van der Waals surface area contributed by atoms with Crippen LogP contribution < -0.4 is 14.8 Å². The summed E-state index contributed by atoms with van der Waals surface area (Å²) in [6.07, 6.45) is 0. The summed E-state index contributed by atoms with van der Waals surface area (Å²) in [6.45, 7) is 3.77. The molecule has 0 saturated heterocycles. The highest BCUT2D eigenvalue weighted by Crippen LogP contribution is 2.29. The zero-order valence-corrected chi connectivity index (χ0v) is 15.7. The summed E-state index contributed by atoms with van der Waals surface area (Å²) >= 11 is 0. The first kappa shape index (κ1) is 19.6. The Kier molecular flexibility index (Phi) is 6.44. The lowest BCUT2D eigenvalue weighted by molar-refractivity contribution is 0.191. The SMILES string of the molecule is COc1ccc(OC)c(C(C)NC(=O)N(C)C(C)c2ccc(F)cc2)c1. The van der Waals surface area contributed by atoms with Crippen LogP contribution in [0, 0.1) is 5.82 Å². The maximum atomic E-state index is 13.1. The van der Waals surface area contributed by atoms with E-state index in [0.29, 0.717) is 11.5 Å². The molecule has 0 fully saturated rings. The summed E-state index contributed by atoms with van der Waals surface area (Å²) in [7, 11) is 4.88. The molecule has 2 unspecified atom stereocenters. The maximum absolute atomic E-state index is 13.1. The molecule has 140 valence electrons. The molecule has 0 aliphatic carbocycles. The summed E-state index contributed by atoms with van der Waals surface area (Å²) < 4.78 is 23.7. The van der Waals surface area contributed by atoms with Gasteiger partial charge in [-0.3, -0.25) is 0 Å². The first-order chi connectivity index (χ1) is 12.4. The van der Waals surface area contributed by atoms with Crippen LogP contribution >= 0.6 is 0 Å². The van der Waals surface area contributed by atoms with Gasteiger partial charge in [0.2, 0.25) is 0 Å².